The summed E-state index contributed by atoms with van der Waals surface area (Å²) in [7, 11) is 0. The molecule has 0 spiro atoms. The first-order valence-corrected chi connectivity index (χ1v) is 8.23. The van der Waals surface area contributed by atoms with Crippen LogP contribution in [0, 0.1) is 5.92 Å². The van der Waals surface area contributed by atoms with Gasteiger partial charge in [-0.2, -0.15) is 0 Å². The third-order valence-electron chi connectivity index (χ3n) is 4.51. The highest BCUT2D eigenvalue weighted by Gasteiger charge is 2.32. The summed E-state index contributed by atoms with van der Waals surface area (Å²) in [5.41, 5.74) is 1.47. The molecule has 0 aliphatic carbocycles. The summed E-state index contributed by atoms with van der Waals surface area (Å²) in [6.07, 6.45) is 2.73. The van der Waals surface area contributed by atoms with E-state index < -0.39 is 5.97 Å². The molecule has 1 aromatic carbocycles. The molecular weight excluding hydrogens is 270 g/mol. The van der Waals surface area contributed by atoms with E-state index in [1.54, 1.807) is 0 Å². The van der Waals surface area contributed by atoms with Crippen LogP contribution in [0.2, 0.25) is 0 Å². The topological polar surface area (TPSA) is 40.5 Å². The molecule has 0 radical (unpaired) electrons. The number of fused-ring (bicyclic) bond motifs is 1. The maximum Gasteiger partial charge on any atom is 0.306 e. The summed E-state index contributed by atoms with van der Waals surface area (Å²) in [6.45, 7) is 4.17. The minimum Gasteiger partial charge on any atom is -0.481 e. The zero-order chi connectivity index (χ0) is 14.1. The predicted octanol–water partition coefficient (Wildman–Crippen LogP) is 2.89. The summed E-state index contributed by atoms with van der Waals surface area (Å²) in [5, 5.41) is 9.74. The van der Waals surface area contributed by atoms with Crippen molar-refractivity contribution in [1.29, 1.82) is 0 Å². The number of hydrogen-bond donors (Lipinski definition) is 1. The fourth-order valence-electron chi connectivity index (χ4n) is 3.33. The highest BCUT2D eigenvalue weighted by molar-refractivity contribution is 8.00. The first kappa shape index (κ1) is 14.0. The van der Waals surface area contributed by atoms with Gasteiger partial charge in [0.2, 0.25) is 0 Å². The second-order valence-electron chi connectivity index (χ2n) is 5.96. The quantitative estimate of drug-likeness (QED) is 0.929. The Bertz CT molecular complexity index is 480. The van der Waals surface area contributed by atoms with Crippen LogP contribution in [0.25, 0.3) is 0 Å². The molecule has 2 heterocycles. The maximum absolute atomic E-state index is 11.1. The van der Waals surface area contributed by atoms with Crippen molar-refractivity contribution in [3.8, 4) is 0 Å². The molecule has 20 heavy (non-hydrogen) atoms. The Labute approximate surface area is 124 Å². The Hall–Kier alpha value is -1.00. The van der Waals surface area contributed by atoms with E-state index in [0.717, 1.165) is 32.4 Å². The number of benzene rings is 1. The van der Waals surface area contributed by atoms with Gasteiger partial charge in [0.25, 0.3) is 0 Å². The lowest BCUT2D eigenvalue weighted by Gasteiger charge is -2.37. The number of aliphatic carboxylic acids is 1. The Morgan fingerprint density at radius 1 is 1.45 bits per heavy atom. The first-order chi connectivity index (χ1) is 9.63. The SMILES string of the molecule is CC1CC(C(=O)O)CCN1CC1Cc2ccccc2S1. The lowest BCUT2D eigenvalue weighted by Crippen LogP contribution is -2.45. The van der Waals surface area contributed by atoms with Crippen molar-refractivity contribution in [2.75, 3.05) is 13.1 Å². The number of thioether (sulfide) groups is 1. The zero-order valence-electron chi connectivity index (χ0n) is 11.8. The van der Waals surface area contributed by atoms with Crippen molar-refractivity contribution in [2.45, 2.75) is 42.4 Å². The second kappa shape index (κ2) is 5.78. The summed E-state index contributed by atoms with van der Waals surface area (Å²) >= 11 is 1.98. The molecule has 2 aliphatic rings. The summed E-state index contributed by atoms with van der Waals surface area (Å²) in [6, 6.07) is 9.04. The van der Waals surface area contributed by atoms with E-state index in [-0.39, 0.29) is 5.92 Å². The number of carbonyl (C=O) groups is 1. The standard InChI is InChI=1S/C16H21NO2S/c1-11-8-13(16(18)19)6-7-17(11)10-14-9-12-4-2-3-5-15(12)20-14/h2-5,11,13-14H,6-10H2,1H3,(H,18,19). The Morgan fingerprint density at radius 3 is 2.95 bits per heavy atom. The van der Waals surface area contributed by atoms with E-state index in [1.165, 1.54) is 10.5 Å². The molecular formula is C16H21NO2S. The zero-order valence-corrected chi connectivity index (χ0v) is 12.6. The molecule has 1 N–H and O–H groups in total. The van der Waals surface area contributed by atoms with E-state index in [2.05, 4.69) is 36.1 Å². The molecule has 0 amide bonds. The van der Waals surface area contributed by atoms with Crippen molar-refractivity contribution < 1.29 is 9.90 Å². The van der Waals surface area contributed by atoms with Crippen LogP contribution in [0.3, 0.4) is 0 Å². The highest BCUT2D eigenvalue weighted by atomic mass is 32.2. The number of hydrogen-bond acceptors (Lipinski definition) is 3. The molecule has 3 rings (SSSR count). The van der Waals surface area contributed by atoms with Crippen molar-refractivity contribution in [1.82, 2.24) is 4.90 Å². The predicted molar refractivity (Wildman–Crippen MR) is 81.2 cm³/mol. The van der Waals surface area contributed by atoms with Gasteiger partial charge in [0.15, 0.2) is 0 Å². The van der Waals surface area contributed by atoms with Crippen molar-refractivity contribution in [3.05, 3.63) is 29.8 Å². The monoisotopic (exact) mass is 291 g/mol. The molecule has 1 aromatic rings. The summed E-state index contributed by atoms with van der Waals surface area (Å²) in [4.78, 5) is 15.0. The highest BCUT2D eigenvalue weighted by Crippen LogP contribution is 2.38. The summed E-state index contributed by atoms with van der Waals surface area (Å²) in [5.74, 6) is -0.770. The minimum absolute atomic E-state index is 0.144. The number of carboxylic acids is 1. The first-order valence-electron chi connectivity index (χ1n) is 7.35. The van der Waals surface area contributed by atoms with Crippen LogP contribution in [0.15, 0.2) is 29.2 Å². The van der Waals surface area contributed by atoms with Gasteiger partial charge in [-0.05, 0) is 44.4 Å². The molecule has 1 saturated heterocycles. The fraction of sp³-hybridized carbons (Fsp3) is 0.562. The van der Waals surface area contributed by atoms with Gasteiger partial charge < -0.3 is 5.11 Å². The molecule has 3 nitrogen and oxygen atoms in total. The number of piperidine rings is 1. The van der Waals surface area contributed by atoms with Gasteiger partial charge in [-0.1, -0.05) is 18.2 Å². The molecule has 3 unspecified atom stereocenters. The van der Waals surface area contributed by atoms with Gasteiger partial charge in [0, 0.05) is 22.7 Å². The van der Waals surface area contributed by atoms with Crippen molar-refractivity contribution in [3.63, 3.8) is 0 Å². The van der Waals surface area contributed by atoms with E-state index in [0.29, 0.717) is 11.3 Å². The largest absolute Gasteiger partial charge is 0.481 e. The lowest BCUT2D eigenvalue weighted by atomic mass is 9.91. The van der Waals surface area contributed by atoms with Crippen molar-refractivity contribution in [2.24, 2.45) is 5.92 Å². The Kier molecular flexibility index (Phi) is 4.03. The van der Waals surface area contributed by atoms with Gasteiger partial charge >= 0.3 is 5.97 Å². The molecule has 0 bridgehead atoms. The van der Waals surface area contributed by atoms with Crippen LogP contribution in [-0.4, -0.2) is 40.4 Å². The molecule has 1 fully saturated rings. The number of nitrogens with zero attached hydrogens (tertiary/aromatic N) is 1. The molecule has 4 heteroatoms. The van der Waals surface area contributed by atoms with Gasteiger partial charge in [-0.25, -0.2) is 0 Å². The molecule has 108 valence electrons. The average molecular weight is 291 g/mol. The number of rotatable bonds is 3. The Balaban J connectivity index is 1.57. The fourth-order valence-corrected chi connectivity index (χ4v) is 4.68. The van der Waals surface area contributed by atoms with Gasteiger partial charge in [-0.15, -0.1) is 11.8 Å². The maximum atomic E-state index is 11.1. The smallest absolute Gasteiger partial charge is 0.306 e. The van der Waals surface area contributed by atoms with Crippen LogP contribution in [0.1, 0.15) is 25.3 Å². The molecule has 3 atom stereocenters. The van der Waals surface area contributed by atoms with Gasteiger partial charge in [-0.3, -0.25) is 9.69 Å². The number of likely N-dealkylation sites (tertiary alicyclic amines) is 1. The number of carboxylic acid groups (broad SMARTS) is 1. The van der Waals surface area contributed by atoms with Gasteiger partial charge in [0.1, 0.15) is 0 Å². The van der Waals surface area contributed by atoms with Crippen LogP contribution in [0.5, 0.6) is 0 Å². The third-order valence-corrected chi connectivity index (χ3v) is 5.82. The van der Waals surface area contributed by atoms with Crippen LogP contribution >= 0.6 is 11.8 Å². The lowest BCUT2D eigenvalue weighted by molar-refractivity contribution is -0.144. The van der Waals surface area contributed by atoms with Gasteiger partial charge in [0.05, 0.1) is 5.92 Å². The second-order valence-corrected chi connectivity index (χ2v) is 7.30. The molecule has 2 aliphatic heterocycles. The van der Waals surface area contributed by atoms with Crippen molar-refractivity contribution >= 4 is 17.7 Å². The van der Waals surface area contributed by atoms with Crippen LogP contribution in [-0.2, 0) is 11.2 Å². The van der Waals surface area contributed by atoms with E-state index in [9.17, 15) is 4.79 Å². The third kappa shape index (κ3) is 2.86. The minimum atomic E-state index is -0.626. The molecule has 0 saturated carbocycles. The van der Waals surface area contributed by atoms with E-state index in [1.807, 2.05) is 11.8 Å². The average Bonchev–Trinajstić information content (AvgIpc) is 2.83. The normalized spacial score (nSPS) is 30.1. The molecule has 0 aromatic heterocycles. The van der Waals surface area contributed by atoms with Crippen LogP contribution in [0.4, 0.5) is 0 Å². The Morgan fingerprint density at radius 2 is 2.25 bits per heavy atom. The van der Waals surface area contributed by atoms with Crippen LogP contribution < -0.4 is 0 Å². The summed E-state index contributed by atoms with van der Waals surface area (Å²) < 4.78 is 0. The van der Waals surface area contributed by atoms with E-state index >= 15 is 0 Å². The van der Waals surface area contributed by atoms with E-state index in [4.69, 9.17) is 5.11 Å².